The maximum atomic E-state index is 6.29. The molecular formula is C16H11Cl2N. The minimum atomic E-state index is 0.689. The standard InChI is InChI=1S/C16H11Cl2N/c17-10-7-13-12-6-5-9-3-1-2-4-11(9)15(12)19-16(13)14(18)8-10/h1-4,7-8,19H,5-6H2. The van der Waals surface area contributed by atoms with Crippen LogP contribution in [0.25, 0.3) is 22.2 Å². The fourth-order valence-electron chi connectivity index (χ4n) is 3.01. The van der Waals surface area contributed by atoms with Gasteiger partial charge in [-0.3, -0.25) is 0 Å². The van der Waals surface area contributed by atoms with Crippen molar-refractivity contribution in [2.75, 3.05) is 0 Å². The molecule has 3 heteroatoms. The average Bonchev–Trinajstić information content (AvgIpc) is 2.78. The molecule has 1 aliphatic carbocycles. The van der Waals surface area contributed by atoms with Gasteiger partial charge in [0.2, 0.25) is 0 Å². The summed E-state index contributed by atoms with van der Waals surface area (Å²) in [6, 6.07) is 12.3. The van der Waals surface area contributed by atoms with E-state index in [4.69, 9.17) is 23.2 Å². The van der Waals surface area contributed by atoms with Crippen molar-refractivity contribution in [3.8, 4) is 11.3 Å². The molecule has 0 amide bonds. The van der Waals surface area contributed by atoms with Crippen LogP contribution in [0.2, 0.25) is 10.0 Å². The highest BCUT2D eigenvalue weighted by Crippen LogP contribution is 2.40. The smallest absolute Gasteiger partial charge is 0.0662 e. The summed E-state index contributed by atoms with van der Waals surface area (Å²) in [5.74, 6) is 0. The molecule has 3 aromatic rings. The van der Waals surface area contributed by atoms with E-state index >= 15 is 0 Å². The van der Waals surface area contributed by atoms with Gasteiger partial charge in [0.25, 0.3) is 0 Å². The van der Waals surface area contributed by atoms with Gasteiger partial charge in [0.1, 0.15) is 0 Å². The quantitative estimate of drug-likeness (QED) is 0.582. The lowest BCUT2D eigenvalue weighted by molar-refractivity contribution is 0.948. The highest BCUT2D eigenvalue weighted by Gasteiger charge is 2.21. The first kappa shape index (κ1) is 11.4. The Kier molecular flexibility index (Phi) is 2.41. The molecular weight excluding hydrogens is 277 g/mol. The Hall–Kier alpha value is -1.44. The summed E-state index contributed by atoms with van der Waals surface area (Å²) in [4.78, 5) is 3.48. The Bertz CT molecular complexity index is 802. The summed E-state index contributed by atoms with van der Waals surface area (Å²) < 4.78 is 0. The van der Waals surface area contributed by atoms with Gasteiger partial charge in [0.15, 0.2) is 0 Å². The van der Waals surface area contributed by atoms with Crippen LogP contribution in [-0.2, 0) is 12.8 Å². The van der Waals surface area contributed by atoms with Crippen LogP contribution in [0, 0.1) is 0 Å². The molecule has 19 heavy (non-hydrogen) atoms. The summed E-state index contributed by atoms with van der Waals surface area (Å²) in [6.07, 6.45) is 2.10. The molecule has 1 aromatic heterocycles. The van der Waals surface area contributed by atoms with E-state index < -0.39 is 0 Å². The van der Waals surface area contributed by atoms with Gasteiger partial charge >= 0.3 is 0 Å². The minimum absolute atomic E-state index is 0.689. The zero-order valence-corrected chi connectivity index (χ0v) is 11.6. The summed E-state index contributed by atoms with van der Waals surface area (Å²) in [6.45, 7) is 0. The molecule has 4 rings (SSSR count). The molecule has 0 atom stereocenters. The molecule has 0 saturated carbocycles. The summed E-state index contributed by atoms with van der Waals surface area (Å²) in [5, 5.41) is 2.54. The predicted molar refractivity (Wildman–Crippen MR) is 81.2 cm³/mol. The van der Waals surface area contributed by atoms with E-state index in [9.17, 15) is 0 Å². The SMILES string of the molecule is Clc1cc(Cl)c2[nH]c3c(c2c1)CCc1ccccc1-3. The minimum Gasteiger partial charge on any atom is -0.353 e. The van der Waals surface area contributed by atoms with Crippen LogP contribution in [-0.4, -0.2) is 4.98 Å². The van der Waals surface area contributed by atoms with Crippen LogP contribution in [0.3, 0.4) is 0 Å². The fraction of sp³-hybridized carbons (Fsp3) is 0.125. The number of aromatic nitrogens is 1. The van der Waals surface area contributed by atoms with Crippen molar-refractivity contribution in [2.24, 2.45) is 0 Å². The Morgan fingerprint density at radius 1 is 1.00 bits per heavy atom. The number of rotatable bonds is 0. The van der Waals surface area contributed by atoms with E-state index in [-0.39, 0.29) is 0 Å². The molecule has 0 radical (unpaired) electrons. The zero-order chi connectivity index (χ0) is 13.0. The average molecular weight is 288 g/mol. The second kappa shape index (κ2) is 4.03. The van der Waals surface area contributed by atoms with Gasteiger partial charge in [-0.15, -0.1) is 0 Å². The monoisotopic (exact) mass is 287 g/mol. The molecule has 94 valence electrons. The van der Waals surface area contributed by atoms with Crippen LogP contribution >= 0.6 is 23.2 Å². The van der Waals surface area contributed by atoms with E-state index in [0.717, 1.165) is 23.7 Å². The zero-order valence-electron chi connectivity index (χ0n) is 10.1. The lowest BCUT2D eigenvalue weighted by Crippen LogP contribution is -2.02. The normalized spacial score (nSPS) is 13.4. The topological polar surface area (TPSA) is 15.8 Å². The lowest BCUT2D eigenvalue weighted by Gasteiger charge is -2.16. The highest BCUT2D eigenvalue weighted by molar-refractivity contribution is 6.38. The number of fused-ring (bicyclic) bond motifs is 5. The van der Waals surface area contributed by atoms with Crippen LogP contribution < -0.4 is 0 Å². The molecule has 0 spiro atoms. The van der Waals surface area contributed by atoms with Gasteiger partial charge in [0, 0.05) is 16.0 Å². The number of halogens is 2. The van der Waals surface area contributed by atoms with Gasteiger partial charge in [-0.05, 0) is 36.1 Å². The maximum Gasteiger partial charge on any atom is 0.0662 e. The Balaban J connectivity index is 2.11. The molecule has 0 saturated heterocycles. The second-order valence-electron chi connectivity index (χ2n) is 4.95. The number of benzene rings is 2. The molecule has 1 nitrogen and oxygen atoms in total. The number of hydrogen-bond acceptors (Lipinski definition) is 0. The summed E-state index contributed by atoms with van der Waals surface area (Å²) >= 11 is 12.4. The van der Waals surface area contributed by atoms with Crippen molar-refractivity contribution in [1.82, 2.24) is 4.98 Å². The van der Waals surface area contributed by atoms with Crippen molar-refractivity contribution < 1.29 is 0 Å². The first-order valence-corrected chi connectivity index (χ1v) is 7.07. The Morgan fingerprint density at radius 3 is 2.74 bits per heavy atom. The van der Waals surface area contributed by atoms with E-state index in [1.165, 1.54) is 22.4 Å². The number of hydrogen-bond donors (Lipinski definition) is 1. The first-order chi connectivity index (χ1) is 9.24. The second-order valence-corrected chi connectivity index (χ2v) is 5.79. The molecule has 2 aromatic carbocycles. The van der Waals surface area contributed by atoms with Gasteiger partial charge in [0.05, 0.1) is 16.2 Å². The highest BCUT2D eigenvalue weighted by atomic mass is 35.5. The van der Waals surface area contributed by atoms with Crippen LogP contribution in [0.5, 0.6) is 0 Å². The maximum absolute atomic E-state index is 6.29. The largest absolute Gasteiger partial charge is 0.353 e. The first-order valence-electron chi connectivity index (χ1n) is 6.32. The van der Waals surface area contributed by atoms with E-state index in [2.05, 4.69) is 29.2 Å². The number of aryl methyl sites for hydroxylation is 2. The number of H-pyrrole nitrogens is 1. The number of nitrogens with one attached hydrogen (secondary N) is 1. The molecule has 0 bridgehead atoms. The third-order valence-electron chi connectivity index (χ3n) is 3.86. The van der Waals surface area contributed by atoms with Crippen LogP contribution in [0.1, 0.15) is 11.1 Å². The molecule has 1 heterocycles. The van der Waals surface area contributed by atoms with Crippen molar-refractivity contribution in [1.29, 1.82) is 0 Å². The Labute approximate surface area is 121 Å². The van der Waals surface area contributed by atoms with Gasteiger partial charge in [-0.1, -0.05) is 47.5 Å². The van der Waals surface area contributed by atoms with Crippen molar-refractivity contribution in [2.45, 2.75) is 12.8 Å². The van der Waals surface area contributed by atoms with E-state index in [1.807, 2.05) is 6.07 Å². The summed E-state index contributed by atoms with van der Waals surface area (Å²) in [5.41, 5.74) is 6.20. The van der Waals surface area contributed by atoms with Crippen molar-refractivity contribution in [3.05, 3.63) is 57.6 Å². The third kappa shape index (κ3) is 1.62. The molecule has 0 fully saturated rings. The van der Waals surface area contributed by atoms with Crippen LogP contribution in [0.15, 0.2) is 36.4 Å². The van der Waals surface area contributed by atoms with Gasteiger partial charge in [-0.25, -0.2) is 0 Å². The van der Waals surface area contributed by atoms with Crippen LogP contribution in [0.4, 0.5) is 0 Å². The summed E-state index contributed by atoms with van der Waals surface area (Å²) in [7, 11) is 0. The lowest BCUT2D eigenvalue weighted by atomic mass is 9.89. The predicted octanol–water partition coefficient (Wildman–Crippen LogP) is 5.24. The Morgan fingerprint density at radius 2 is 1.84 bits per heavy atom. The van der Waals surface area contributed by atoms with Crippen molar-refractivity contribution in [3.63, 3.8) is 0 Å². The molecule has 0 aliphatic heterocycles. The van der Waals surface area contributed by atoms with Crippen molar-refractivity contribution >= 4 is 34.1 Å². The molecule has 1 aliphatic rings. The molecule has 0 unspecified atom stereocenters. The van der Waals surface area contributed by atoms with E-state index in [1.54, 1.807) is 6.07 Å². The number of aromatic amines is 1. The van der Waals surface area contributed by atoms with Gasteiger partial charge in [-0.2, -0.15) is 0 Å². The fourth-order valence-corrected chi connectivity index (χ4v) is 3.55. The third-order valence-corrected chi connectivity index (χ3v) is 4.38. The van der Waals surface area contributed by atoms with Gasteiger partial charge < -0.3 is 4.98 Å². The molecule has 1 N–H and O–H groups in total. The van der Waals surface area contributed by atoms with E-state index in [0.29, 0.717) is 10.0 Å².